The van der Waals surface area contributed by atoms with Crippen LogP contribution in [0.5, 0.6) is 0 Å². The van der Waals surface area contributed by atoms with Gasteiger partial charge < -0.3 is 14.6 Å². The number of halogens is 1. The molecule has 6 nitrogen and oxygen atoms in total. The van der Waals surface area contributed by atoms with Crippen molar-refractivity contribution in [1.29, 1.82) is 0 Å². The summed E-state index contributed by atoms with van der Waals surface area (Å²) in [5.74, 6) is 0.706. The molecule has 0 fully saturated rings. The lowest BCUT2D eigenvalue weighted by molar-refractivity contribution is -0.111. The number of fused-ring (bicyclic) bond motifs is 1. The number of nitrogens with zero attached hydrogens (tertiary/aromatic N) is 2. The summed E-state index contributed by atoms with van der Waals surface area (Å²) < 4.78 is 10.9. The minimum Gasteiger partial charge on any atom is -0.376 e. The number of benzene rings is 1. The van der Waals surface area contributed by atoms with Crippen LogP contribution in [-0.2, 0) is 22.6 Å². The summed E-state index contributed by atoms with van der Waals surface area (Å²) in [5.41, 5.74) is 2.67. The molecule has 0 aliphatic carbocycles. The molecule has 0 saturated carbocycles. The fraction of sp³-hybridized carbons (Fsp3) is 0.211. The Morgan fingerprint density at radius 1 is 1.37 bits per heavy atom. The van der Waals surface area contributed by atoms with Crippen molar-refractivity contribution < 1.29 is 14.1 Å². The fourth-order valence-electron chi connectivity index (χ4n) is 2.87. The molecular weight excluding hydrogens is 386 g/mol. The standard InChI is InChI=1S/C19H16ClN3O3S/c1-11-21-18(26-23-11)17-13-8-9-25-10-15(13)27-19(17)22-16(24)7-6-12-4-2-3-5-14(12)20/h2-7H,8-10H2,1H3,(H,22,24)/b7-6+. The number of anilines is 1. The number of aromatic nitrogens is 2. The van der Waals surface area contributed by atoms with Gasteiger partial charge in [0.05, 0.1) is 18.8 Å². The van der Waals surface area contributed by atoms with Crippen molar-refractivity contribution in [3.05, 3.63) is 57.2 Å². The van der Waals surface area contributed by atoms with E-state index in [0.29, 0.717) is 35.0 Å². The Labute approximate surface area is 164 Å². The summed E-state index contributed by atoms with van der Waals surface area (Å²) in [6, 6.07) is 7.34. The van der Waals surface area contributed by atoms with Gasteiger partial charge in [-0.25, -0.2) is 0 Å². The second-order valence-electron chi connectivity index (χ2n) is 6.00. The van der Waals surface area contributed by atoms with Gasteiger partial charge in [0.25, 0.3) is 5.89 Å². The first-order valence-electron chi connectivity index (χ1n) is 8.38. The smallest absolute Gasteiger partial charge is 0.261 e. The minimum atomic E-state index is -0.257. The van der Waals surface area contributed by atoms with E-state index in [-0.39, 0.29) is 5.91 Å². The number of carbonyl (C=O) groups is 1. The molecule has 0 spiro atoms. The predicted octanol–water partition coefficient (Wildman–Crippen LogP) is 4.48. The van der Waals surface area contributed by atoms with Crippen molar-refractivity contribution in [2.24, 2.45) is 0 Å². The third kappa shape index (κ3) is 3.80. The van der Waals surface area contributed by atoms with Gasteiger partial charge in [0.1, 0.15) is 5.00 Å². The van der Waals surface area contributed by atoms with Gasteiger partial charge in [0, 0.05) is 16.0 Å². The summed E-state index contributed by atoms with van der Waals surface area (Å²) in [6.07, 6.45) is 3.89. The molecule has 138 valence electrons. The summed E-state index contributed by atoms with van der Waals surface area (Å²) in [5, 5.41) is 8.08. The monoisotopic (exact) mass is 401 g/mol. The Bertz CT molecular complexity index is 1030. The molecular formula is C19H16ClN3O3S. The largest absolute Gasteiger partial charge is 0.376 e. The molecule has 4 rings (SSSR count). The highest BCUT2D eigenvalue weighted by molar-refractivity contribution is 7.17. The Morgan fingerprint density at radius 2 is 2.22 bits per heavy atom. The van der Waals surface area contributed by atoms with Crippen LogP contribution >= 0.6 is 22.9 Å². The molecule has 1 aromatic carbocycles. The lowest BCUT2D eigenvalue weighted by Crippen LogP contribution is -2.09. The lowest BCUT2D eigenvalue weighted by Gasteiger charge is -2.12. The normalized spacial score (nSPS) is 13.7. The van der Waals surface area contributed by atoms with Gasteiger partial charge in [-0.2, -0.15) is 4.98 Å². The zero-order valence-corrected chi connectivity index (χ0v) is 16.1. The van der Waals surface area contributed by atoms with Crippen LogP contribution in [0, 0.1) is 6.92 Å². The minimum absolute atomic E-state index is 0.257. The topological polar surface area (TPSA) is 77.2 Å². The Kier molecular flexibility index (Phi) is 5.07. The molecule has 0 unspecified atom stereocenters. The molecule has 3 aromatic rings. The number of hydrogen-bond donors (Lipinski definition) is 1. The number of aryl methyl sites for hydroxylation is 1. The zero-order chi connectivity index (χ0) is 18.8. The predicted molar refractivity (Wildman–Crippen MR) is 105 cm³/mol. The average molecular weight is 402 g/mol. The molecule has 8 heteroatoms. The second-order valence-corrected chi connectivity index (χ2v) is 7.51. The van der Waals surface area contributed by atoms with Gasteiger partial charge in [0.15, 0.2) is 5.82 Å². The Hall–Kier alpha value is -2.48. The van der Waals surface area contributed by atoms with Crippen LogP contribution in [-0.4, -0.2) is 22.7 Å². The quantitative estimate of drug-likeness (QED) is 0.652. The summed E-state index contributed by atoms with van der Waals surface area (Å²) in [4.78, 5) is 17.9. The van der Waals surface area contributed by atoms with Crippen molar-refractivity contribution >= 4 is 39.9 Å². The van der Waals surface area contributed by atoms with Gasteiger partial charge in [0.2, 0.25) is 5.91 Å². The van der Waals surface area contributed by atoms with E-state index in [4.69, 9.17) is 20.9 Å². The van der Waals surface area contributed by atoms with Crippen LogP contribution in [0.3, 0.4) is 0 Å². The summed E-state index contributed by atoms with van der Waals surface area (Å²) in [6.45, 7) is 2.91. The average Bonchev–Trinajstić information content (AvgIpc) is 3.23. The zero-order valence-electron chi connectivity index (χ0n) is 14.5. The maximum Gasteiger partial charge on any atom is 0.261 e. The SMILES string of the molecule is Cc1noc(-c2c(NC(=O)/C=C/c3ccccc3Cl)sc3c2CCOC3)n1. The lowest BCUT2D eigenvalue weighted by atomic mass is 10.1. The van der Waals surface area contributed by atoms with Gasteiger partial charge >= 0.3 is 0 Å². The van der Waals surface area contributed by atoms with Crippen LogP contribution in [0.15, 0.2) is 34.9 Å². The maximum atomic E-state index is 12.5. The van der Waals surface area contributed by atoms with E-state index in [1.807, 2.05) is 18.2 Å². The van der Waals surface area contributed by atoms with E-state index >= 15 is 0 Å². The highest BCUT2D eigenvalue weighted by Crippen LogP contribution is 2.42. The van der Waals surface area contributed by atoms with Crippen molar-refractivity contribution in [3.8, 4) is 11.5 Å². The molecule has 1 N–H and O–H groups in total. The Balaban J connectivity index is 1.63. The fourth-order valence-corrected chi connectivity index (χ4v) is 4.25. The number of carbonyl (C=O) groups excluding carboxylic acids is 1. The first-order valence-corrected chi connectivity index (χ1v) is 9.58. The van der Waals surface area contributed by atoms with E-state index in [2.05, 4.69) is 15.5 Å². The van der Waals surface area contributed by atoms with Gasteiger partial charge in [-0.05, 0) is 36.6 Å². The van der Waals surface area contributed by atoms with Gasteiger partial charge in [-0.1, -0.05) is 35.0 Å². The summed E-state index contributed by atoms with van der Waals surface area (Å²) >= 11 is 7.60. The van der Waals surface area contributed by atoms with Gasteiger partial charge in [-0.15, -0.1) is 11.3 Å². The molecule has 2 aromatic heterocycles. The van der Waals surface area contributed by atoms with Gasteiger partial charge in [-0.3, -0.25) is 4.79 Å². The third-order valence-corrected chi connectivity index (χ3v) is 5.58. The molecule has 1 aliphatic heterocycles. The number of hydrogen-bond acceptors (Lipinski definition) is 6. The molecule has 0 saturated heterocycles. The van der Waals surface area contributed by atoms with E-state index in [1.165, 1.54) is 17.4 Å². The number of thiophene rings is 1. The highest BCUT2D eigenvalue weighted by Gasteiger charge is 2.26. The molecule has 0 atom stereocenters. The molecule has 0 bridgehead atoms. The first-order chi connectivity index (χ1) is 13.1. The van der Waals surface area contributed by atoms with Crippen LogP contribution < -0.4 is 5.32 Å². The van der Waals surface area contributed by atoms with E-state index < -0.39 is 0 Å². The second kappa shape index (κ2) is 7.64. The first kappa shape index (κ1) is 17.9. The molecule has 1 amide bonds. The van der Waals surface area contributed by atoms with E-state index in [1.54, 1.807) is 19.1 Å². The molecule has 1 aliphatic rings. The van der Waals surface area contributed by atoms with Crippen LogP contribution in [0.25, 0.3) is 17.5 Å². The van der Waals surface area contributed by atoms with Crippen LogP contribution in [0.2, 0.25) is 5.02 Å². The Morgan fingerprint density at radius 3 is 3.00 bits per heavy atom. The van der Waals surface area contributed by atoms with Crippen molar-refractivity contribution in [1.82, 2.24) is 10.1 Å². The van der Waals surface area contributed by atoms with Crippen molar-refractivity contribution in [2.45, 2.75) is 20.0 Å². The summed E-state index contributed by atoms with van der Waals surface area (Å²) in [7, 11) is 0. The highest BCUT2D eigenvalue weighted by atomic mass is 35.5. The number of rotatable bonds is 4. The molecule has 27 heavy (non-hydrogen) atoms. The third-order valence-electron chi connectivity index (χ3n) is 4.12. The number of nitrogens with one attached hydrogen (secondary N) is 1. The molecule has 0 radical (unpaired) electrons. The van der Waals surface area contributed by atoms with Crippen molar-refractivity contribution in [2.75, 3.05) is 11.9 Å². The van der Waals surface area contributed by atoms with Crippen molar-refractivity contribution in [3.63, 3.8) is 0 Å². The van der Waals surface area contributed by atoms with Crippen LogP contribution in [0.4, 0.5) is 5.00 Å². The number of ether oxygens (including phenoxy) is 1. The molecule has 3 heterocycles. The number of amides is 1. The van der Waals surface area contributed by atoms with E-state index in [9.17, 15) is 4.79 Å². The van der Waals surface area contributed by atoms with Crippen LogP contribution in [0.1, 0.15) is 21.8 Å². The maximum absolute atomic E-state index is 12.5. The van der Waals surface area contributed by atoms with E-state index in [0.717, 1.165) is 28.0 Å².